The minimum atomic E-state index is -0.249. The molecule has 0 radical (unpaired) electrons. The first-order chi connectivity index (χ1) is 15.2. The van der Waals surface area contributed by atoms with Gasteiger partial charge in [-0.3, -0.25) is 9.48 Å². The zero-order chi connectivity index (χ0) is 21.6. The molecule has 0 saturated heterocycles. The van der Waals surface area contributed by atoms with Gasteiger partial charge in [0.05, 0.1) is 30.3 Å². The lowest BCUT2D eigenvalue weighted by atomic mass is 10.3. The van der Waals surface area contributed by atoms with Crippen LogP contribution in [0.4, 0.5) is 5.69 Å². The van der Waals surface area contributed by atoms with E-state index in [4.69, 9.17) is 0 Å². The van der Waals surface area contributed by atoms with E-state index in [1.165, 1.54) is 11.3 Å². The zero-order valence-corrected chi connectivity index (χ0v) is 18.4. The van der Waals surface area contributed by atoms with Crippen molar-refractivity contribution in [3.05, 3.63) is 66.2 Å². The van der Waals surface area contributed by atoms with Crippen molar-refractivity contribution in [2.45, 2.75) is 20.4 Å². The minimum Gasteiger partial charge on any atom is -0.318 e. The highest BCUT2D eigenvalue weighted by Gasteiger charge is 2.14. The van der Waals surface area contributed by atoms with Crippen LogP contribution in [0, 0.1) is 0 Å². The quantitative estimate of drug-likeness (QED) is 0.433. The number of amides is 1. The number of thiazole rings is 1. The number of carbonyl (C=O) groups is 1. The molecule has 3 aromatic heterocycles. The molecule has 0 aliphatic heterocycles. The number of rotatable bonds is 9. The van der Waals surface area contributed by atoms with E-state index in [0.29, 0.717) is 11.4 Å². The Bertz CT molecular complexity index is 1130. The number of hydrogen-bond acceptors (Lipinski definition) is 6. The number of benzene rings is 1. The van der Waals surface area contributed by atoms with Crippen molar-refractivity contribution in [3.8, 4) is 16.3 Å². The molecule has 1 amide bonds. The molecule has 0 fully saturated rings. The predicted octanol–water partition coefficient (Wildman–Crippen LogP) is 3.79. The molecule has 0 aliphatic carbocycles. The second-order valence-corrected chi connectivity index (χ2v) is 7.88. The number of para-hydroxylation sites is 1. The predicted molar refractivity (Wildman–Crippen MR) is 123 cm³/mol. The Labute approximate surface area is 185 Å². The van der Waals surface area contributed by atoms with E-state index in [1.807, 2.05) is 47.4 Å². The summed E-state index contributed by atoms with van der Waals surface area (Å²) in [7, 11) is 0. The van der Waals surface area contributed by atoms with Gasteiger partial charge in [-0.1, -0.05) is 32.0 Å². The van der Waals surface area contributed by atoms with Crippen LogP contribution in [-0.2, 0) is 6.54 Å². The first-order valence-electron chi connectivity index (χ1n) is 10.3. The second kappa shape index (κ2) is 9.67. The molecular formula is C22H25N7OS. The third kappa shape index (κ3) is 5.07. The Kier molecular flexibility index (Phi) is 6.54. The molecule has 31 heavy (non-hydrogen) atoms. The minimum absolute atomic E-state index is 0.249. The molecule has 160 valence electrons. The summed E-state index contributed by atoms with van der Waals surface area (Å²) in [5.41, 5.74) is 2.89. The Morgan fingerprint density at radius 1 is 1.10 bits per heavy atom. The topological polar surface area (TPSA) is 80.9 Å². The second-order valence-electron chi connectivity index (χ2n) is 7.02. The van der Waals surface area contributed by atoms with Crippen LogP contribution < -0.4 is 5.32 Å². The van der Waals surface area contributed by atoms with Gasteiger partial charge in [-0.15, -0.1) is 11.3 Å². The van der Waals surface area contributed by atoms with E-state index in [2.05, 4.69) is 39.2 Å². The molecule has 3 heterocycles. The monoisotopic (exact) mass is 435 g/mol. The van der Waals surface area contributed by atoms with Crippen LogP contribution in [0.3, 0.4) is 0 Å². The van der Waals surface area contributed by atoms with E-state index in [1.54, 1.807) is 22.5 Å². The summed E-state index contributed by atoms with van der Waals surface area (Å²) in [5, 5.41) is 14.1. The maximum absolute atomic E-state index is 12.6. The fourth-order valence-corrected chi connectivity index (χ4v) is 3.97. The molecule has 4 rings (SSSR count). The summed E-state index contributed by atoms with van der Waals surface area (Å²) in [6.07, 6.45) is 7.18. The molecule has 1 N–H and O–H groups in total. The van der Waals surface area contributed by atoms with Gasteiger partial charge in [0.15, 0.2) is 0 Å². The van der Waals surface area contributed by atoms with Crippen molar-refractivity contribution < 1.29 is 4.79 Å². The van der Waals surface area contributed by atoms with Gasteiger partial charge in [0.1, 0.15) is 10.7 Å². The number of aromatic nitrogens is 5. The van der Waals surface area contributed by atoms with Crippen molar-refractivity contribution in [1.82, 2.24) is 29.4 Å². The molecule has 4 aromatic rings. The smallest absolute Gasteiger partial charge is 0.275 e. The van der Waals surface area contributed by atoms with Crippen LogP contribution in [0.1, 0.15) is 24.3 Å². The Balaban J connectivity index is 1.38. The standard InChI is InChI=1S/C22H25N7OS/c1-3-27(4-2)10-11-28-15-18(13-23-28)25-21(30)20-16-31-22(26-20)17-12-24-29(14-17)19-8-6-5-7-9-19/h5-9,12-16H,3-4,10-11H2,1-2H3,(H,25,30). The Morgan fingerprint density at radius 3 is 2.68 bits per heavy atom. The van der Waals surface area contributed by atoms with E-state index >= 15 is 0 Å². The first-order valence-corrected chi connectivity index (χ1v) is 11.2. The van der Waals surface area contributed by atoms with Crippen LogP contribution >= 0.6 is 11.3 Å². The molecular weight excluding hydrogens is 410 g/mol. The lowest BCUT2D eigenvalue weighted by Gasteiger charge is -2.17. The van der Waals surface area contributed by atoms with Gasteiger partial charge in [-0.05, 0) is 25.2 Å². The molecule has 9 heteroatoms. The lowest BCUT2D eigenvalue weighted by Crippen LogP contribution is -2.27. The fraction of sp³-hybridized carbons (Fsp3) is 0.273. The fourth-order valence-electron chi connectivity index (χ4n) is 3.20. The van der Waals surface area contributed by atoms with Crippen LogP contribution in [0.25, 0.3) is 16.3 Å². The Hall–Kier alpha value is -3.30. The molecule has 1 aromatic carbocycles. The summed E-state index contributed by atoms with van der Waals surface area (Å²) in [5.74, 6) is -0.249. The largest absolute Gasteiger partial charge is 0.318 e. The number of anilines is 1. The van der Waals surface area contributed by atoms with Crippen LogP contribution in [-0.4, -0.2) is 55.0 Å². The average Bonchev–Trinajstić information content (AvgIpc) is 3.55. The first kappa shape index (κ1) is 21.0. The Morgan fingerprint density at radius 2 is 1.90 bits per heavy atom. The van der Waals surface area contributed by atoms with E-state index in [-0.39, 0.29) is 5.91 Å². The summed E-state index contributed by atoms with van der Waals surface area (Å²) < 4.78 is 3.64. The van der Waals surface area contributed by atoms with Gasteiger partial charge in [-0.2, -0.15) is 10.2 Å². The zero-order valence-electron chi connectivity index (χ0n) is 17.6. The summed E-state index contributed by atoms with van der Waals surface area (Å²) in [6.45, 7) is 8.02. The number of hydrogen-bond donors (Lipinski definition) is 1. The summed E-state index contributed by atoms with van der Waals surface area (Å²) in [6, 6.07) is 9.87. The molecule has 0 bridgehead atoms. The van der Waals surface area contributed by atoms with Crippen molar-refractivity contribution in [1.29, 1.82) is 0 Å². The van der Waals surface area contributed by atoms with Gasteiger partial charge in [0, 0.05) is 29.9 Å². The molecule has 0 spiro atoms. The molecule has 0 unspecified atom stereocenters. The van der Waals surface area contributed by atoms with Gasteiger partial charge >= 0.3 is 0 Å². The van der Waals surface area contributed by atoms with E-state index < -0.39 is 0 Å². The number of nitrogens with one attached hydrogen (secondary N) is 1. The highest BCUT2D eigenvalue weighted by molar-refractivity contribution is 7.13. The van der Waals surface area contributed by atoms with Gasteiger partial charge in [0.2, 0.25) is 0 Å². The van der Waals surface area contributed by atoms with Crippen molar-refractivity contribution in [2.24, 2.45) is 0 Å². The van der Waals surface area contributed by atoms with Gasteiger partial charge in [-0.25, -0.2) is 9.67 Å². The number of likely N-dealkylation sites (N-methyl/N-ethyl adjacent to an activating group) is 1. The lowest BCUT2D eigenvalue weighted by molar-refractivity contribution is 0.102. The highest BCUT2D eigenvalue weighted by Crippen LogP contribution is 2.24. The van der Waals surface area contributed by atoms with Crippen molar-refractivity contribution in [2.75, 3.05) is 25.0 Å². The maximum Gasteiger partial charge on any atom is 0.275 e. The summed E-state index contributed by atoms with van der Waals surface area (Å²) in [4.78, 5) is 19.4. The molecule has 0 saturated carbocycles. The van der Waals surface area contributed by atoms with Crippen LogP contribution in [0.15, 0.2) is 60.5 Å². The number of nitrogens with zero attached hydrogens (tertiary/aromatic N) is 6. The third-order valence-corrected chi connectivity index (χ3v) is 5.91. The molecule has 8 nitrogen and oxygen atoms in total. The maximum atomic E-state index is 12.6. The van der Waals surface area contributed by atoms with E-state index in [0.717, 1.165) is 42.4 Å². The highest BCUT2D eigenvalue weighted by atomic mass is 32.1. The summed E-state index contributed by atoms with van der Waals surface area (Å²) >= 11 is 1.42. The SMILES string of the molecule is CCN(CC)CCn1cc(NC(=O)c2csc(-c3cnn(-c4ccccc4)c3)n2)cn1. The third-order valence-electron chi connectivity index (χ3n) is 5.02. The molecule has 0 atom stereocenters. The van der Waals surface area contributed by atoms with E-state index in [9.17, 15) is 4.79 Å². The normalized spacial score (nSPS) is 11.2. The number of carbonyl (C=O) groups excluding carboxylic acids is 1. The average molecular weight is 436 g/mol. The molecule has 0 aliphatic rings. The van der Waals surface area contributed by atoms with Crippen molar-refractivity contribution in [3.63, 3.8) is 0 Å². The van der Waals surface area contributed by atoms with Crippen LogP contribution in [0.5, 0.6) is 0 Å². The van der Waals surface area contributed by atoms with Gasteiger partial charge < -0.3 is 10.2 Å². The van der Waals surface area contributed by atoms with Crippen molar-refractivity contribution >= 4 is 22.9 Å². The van der Waals surface area contributed by atoms with Crippen LogP contribution in [0.2, 0.25) is 0 Å². The van der Waals surface area contributed by atoms with Gasteiger partial charge in [0.25, 0.3) is 5.91 Å².